The Morgan fingerprint density at radius 1 is 1.36 bits per heavy atom. The lowest BCUT2D eigenvalue weighted by atomic mass is 10.1. The zero-order chi connectivity index (χ0) is 15.8. The van der Waals surface area contributed by atoms with E-state index in [-0.39, 0.29) is 24.9 Å². The van der Waals surface area contributed by atoms with Gasteiger partial charge in [-0.05, 0) is 31.0 Å². The van der Waals surface area contributed by atoms with Crippen LogP contribution < -0.4 is 15.4 Å². The minimum atomic E-state index is -0.946. The number of carboxylic acids is 1. The molecule has 0 fully saturated rings. The van der Waals surface area contributed by atoms with Gasteiger partial charge in [0, 0.05) is 0 Å². The molecule has 3 N–H and O–H groups in total. The van der Waals surface area contributed by atoms with E-state index in [1.54, 1.807) is 12.1 Å². The molecule has 0 saturated heterocycles. The van der Waals surface area contributed by atoms with Gasteiger partial charge in [0.05, 0.1) is 19.3 Å². The number of nitrogens with one attached hydrogen (secondary N) is 2. The molecule has 0 aliphatic heterocycles. The van der Waals surface area contributed by atoms with E-state index in [2.05, 4.69) is 10.6 Å². The van der Waals surface area contributed by atoms with Crippen LogP contribution >= 0.6 is 12.4 Å². The third-order valence-corrected chi connectivity index (χ3v) is 3.01. The van der Waals surface area contributed by atoms with Gasteiger partial charge < -0.3 is 15.2 Å². The number of carbonyl (C=O) groups is 2. The van der Waals surface area contributed by atoms with E-state index in [0.717, 1.165) is 12.0 Å². The first kappa shape index (κ1) is 20.2. The summed E-state index contributed by atoms with van der Waals surface area (Å²) in [6.07, 6.45) is 1.22. The smallest absolute Gasteiger partial charge is 0.320 e. The topological polar surface area (TPSA) is 87.7 Å². The van der Waals surface area contributed by atoms with Crippen molar-refractivity contribution in [2.24, 2.45) is 0 Å². The van der Waals surface area contributed by atoms with Crippen molar-refractivity contribution in [2.45, 2.75) is 32.7 Å². The van der Waals surface area contributed by atoms with E-state index in [1.807, 2.05) is 19.9 Å². The molecule has 1 unspecified atom stereocenters. The number of amides is 1. The van der Waals surface area contributed by atoms with Crippen molar-refractivity contribution in [2.75, 3.05) is 19.0 Å². The monoisotopic (exact) mass is 330 g/mol. The number of anilines is 1. The molecular weight excluding hydrogens is 308 g/mol. The lowest BCUT2D eigenvalue weighted by molar-refractivity contribution is -0.139. The average molecular weight is 331 g/mol. The van der Waals surface area contributed by atoms with Gasteiger partial charge in [0.15, 0.2) is 0 Å². The number of methoxy groups -OCH3 is 1. The lowest BCUT2D eigenvalue weighted by Gasteiger charge is -2.14. The van der Waals surface area contributed by atoms with E-state index in [0.29, 0.717) is 17.9 Å². The van der Waals surface area contributed by atoms with Crippen molar-refractivity contribution < 1.29 is 19.4 Å². The Bertz CT molecular complexity index is 508. The summed E-state index contributed by atoms with van der Waals surface area (Å²) >= 11 is 0. The number of ether oxygens (including phenoxy) is 1. The maximum atomic E-state index is 11.9. The van der Waals surface area contributed by atoms with Gasteiger partial charge in [-0.2, -0.15) is 0 Å². The fraction of sp³-hybridized carbons (Fsp3) is 0.467. The molecule has 0 aliphatic rings. The summed E-state index contributed by atoms with van der Waals surface area (Å²) in [4.78, 5) is 22.9. The quantitative estimate of drug-likeness (QED) is 0.680. The molecule has 0 bridgehead atoms. The number of benzene rings is 1. The number of hydrogen-bond donors (Lipinski definition) is 3. The number of halogens is 1. The minimum absolute atomic E-state index is 0. The molecule has 0 spiro atoms. The number of aryl methyl sites for hydroxylation is 1. The van der Waals surface area contributed by atoms with Gasteiger partial charge in [-0.25, -0.2) is 0 Å². The lowest BCUT2D eigenvalue weighted by Crippen LogP contribution is -2.41. The molecule has 0 radical (unpaired) electrons. The fourth-order valence-electron chi connectivity index (χ4n) is 1.93. The van der Waals surface area contributed by atoms with Crippen LogP contribution in [0.3, 0.4) is 0 Å². The highest BCUT2D eigenvalue weighted by atomic mass is 35.5. The number of aliphatic carboxylic acids is 1. The fourth-order valence-corrected chi connectivity index (χ4v) is 1.93. The number of carbonyl (C=O) groups excluding carboxylic acids is 1. The summed E-state index contributed by atoms with van der Waals surface area (Å²) in [7, 11) is 1.53. The van der Waals surface area contributed by atoms with Crippen LogP contribution in [0.4, 0.5) is 5.69 Å². The standard InChI is InChI=1S/C15H22N2O4.ClH/c1-4-5-11(15(19)20)16-9-14(18)17-12-8-10(2)6-7-13(12)21-3;/h6-8,11,16H,4-5,9H2,1-3H3,(H,17,18)(H,19,20);1H. The van der Waals surface area contributed by atoms with Crippen LogP contribution in [0.25, 0.3) is 0 Å². The van der Waals surface area contributed by atoms with Gasteiger partial charge in [-0.1, -0.05) is 19.4 Å². The van der Waals surface area contributed by atoms with Crippen LogP contribution in [-0.2, 0) is 9.59 Å². The second kappa shape index (κ2) is 10.0. The van der Waals surface area contributed by atoms with Crippen molar-refractivity contribution in [1.82, 2.24) is 5.32 Å². The first-order valence-corrected chi connectivity index (χ1v) is 6.88. The summed E-state index contributed by atoms with van der Waals surface area (Å²) in [5.74, 6) is -0.684. The maximum absolute atomic E-state index is 11.9. The van der Waals surface area contributed by atoms with E-state index < -0.39 is 12.0 Å². The molecule has 0 aliphatic carbocycles. The van der Waals surface area contributed by atoms with Crippen LogP contribution in [0.5, 0.6) is 5.75 Å². The van der Waals surface area contributed by atoms with Crippen LogP contribution in [-0.4, -0.2) is 36.7 Å². The Balaban J connectivity index is 0.00000441. The second-order valence-corrected chi connectivity index (χ2v) is 4.81. The Labute approximate surface area is 136 Å². The van der Waals surface area contributed by atoms with E-state index in [1.165, 1.54) is 7.11 Å². The molecular formula is C15H23ClN2O4. The van der Waals surface area contributed by atoms with Crippen molar-refractivity contribution in [3.8, 4) is 5.75 Å². The van der Waals surface area contributed by atoms with Crippen LogP contribution in [0.2, 0.25) is 0 Å². The van der Waals surface area contributed by atoms with Crippen molar-refractivity contribution in [3.05, 3.63) is 23.8 Å². The SMILES string of the molecule is CCCC(NCC(=O)Nc1cc(C)ccc1OC)C(=O)O.Cl. The highest BCUT2D eigenvalue weighted by molar-refractivity contribution is 5.94. The Kier molecular flexibility index (Phi) is 9.21. The first-order chi connectivity index (χ1) is 9.97. The van der Waals surface area contributed by atoms with E-state index in [9.17, 15) is 9.59 Å². The Morgan fingerprint density at radius 3 is 2.59 bits per heavy atom. The molecule has 124 valence electrons. The summed E-state index contributed by atoms with van der Waals surface area (Å²) in [6.45, 7) is 3.75. The van der Waals surface area contributed by atoms with Crippen LogP contribution in [0.15, 0.2) is 18.2 Å². The highest BCUT2D eigenvalue weighted by Crippen LogP contribution is 2.24. The third-order valence-electron chi connectivity index (χ3n) is 3.01. The van der Waals surface area contributed by atoms with Crippen molar-refractivity contribution >= 4 is 30.0 Å². The maximum Gasteiger partial charge on any atom is 0.320 e. The summed E-state index contributed by atoms with van der Waals surface area (Å²) in [5, 5.41) is 14.5. The largest absolute Gasteiger partial charge is 0.495 e. The van der Waals surface area contributed by atoms with E-state index >= 15 is 0 Å². The normalized spacial score (nSPS) is 11.2. The van der Waals surface area contributed by atoms with Crippen LogP contribution in [0.1, 0.15) is 25.3 Å². The van der Waals surface area contributed by atoms with Gasteiger partial charge in [-0.15, -0.1) is 12.4 Å². The molecule has 1 rings (SSSR count). The molecule has 1 aromatic carbocycles. The van der Waals surface area contributed by atoms with E-state index in [4.69, 9.17) is 9.84 Å². The van der Waals surface area contributed by atoms with Gasteiger partial charge in [-0.3, -0.25) is 14.9 Å². The summed E-state index contributed by atoms with van der Waals surface area (Å²) < 4.78 is 5.17. The van der Waals surface area contributed by atoms with Crippen molar-refractivity contribution in [1.29, 1.82) is 0 Å². The van der Waals surface area contributed by atoms with Crippen LogP contribution in [0, 0.1) is 6.92 Å². The van der Waals surface area contributed by atoms with Gasteiger partial charge in [0.25, 0.3) is 0 Å². The number of carboxylic acid groups (broad SMARTS) is 1. The van der Waals surface area contributed by atoms with Crippen molar-refractivity contribution in [3.63, 3.8) is 0 Å². The molecule has 6 nitrogen and oxygen atoms in total. The molecule has 0 heterocycles. The predicted molar refractivity (Wildman–Crippen MR) is 87.9 cm³/mol. The number of rotatable bonds is 8. The molecule has 0 saturated carbocycles. The highest BCUT2D eigenvalue weighted by Gasteiger charge is 2.17. The zero-order valence-electron chi connectivity index (χ0n) is 13.0. The third kappa shape index (κ3) is 6.32. The molecule has 1 aromatic rings. The molecule has 1 amide bonds. The zero-order valence-corrected chi connectivity index (χ0v) is 13.8. The van der Waals surface area contributed by atoms with Gasteiger partial charge >= 0.3 is 5.97 Å². The average Bonchev–Trinajstić information content (AvgIpc) is 2.43. The minimum Gasteiger partial charge on any atom is -0.495 e. The Morgan fingerprint density at radius 2 is 2.05 bits per heavy atom. The molecule has 0 aromatic heterocycles. The molecule has 22 heavy (non-hydrogen) atoms. The first-order valence-electron chi connectivity index (χ1n) is 6.88. The van der Waals surface area contributed by atoms with Gasteiger partial charge in [0.2, 0.25) is 5.91 Å². The molecule has 1 atom stereocenters. The van der Waals surface area contributed by atoms with Gasteiger partial charge in [0.1, 0.15) is 11.8 Å². The Hall–Kier alpha value is -1.79. The summed E-state index contributed by atoms with van der Waals surface area (Å²) in [6, 6.07) is 4.75. The molecule has 7 heteroatoms. The second-order valence-electron chi connectivity index (χ2n) is 4.81. The number of hydrogen-bond acceptors (Lipinski definition) is 4. The predicted octanol–water partition coefficient (Wildman–Crippen LogP) is 2.21. The summed E-state index contributed by atoms with van der Waals surface area (Å²) in [5.41, 5.74) is 1.57.